The third-order valence-electron chi connectivity index (χ3n) is 5.68. The van der Waals surface area contributed by atoms with Crippen LogP contribution in [0.3, 0.4) is 0 Å². The van der Waals surface area contributed by atoms with Crippen LogP contribution in [0.1, 0.15) is 43.5 Å². The number of anilines is 1. The van der Waals surface area contributed by atoms with Crippen molar-refractivity contribution in [3.8, 4) is 0 Å². The minimum absolute atomic E-state index is 0.170. The van der Waals surface area contributed by atoms with Gasteiger partial charge in [0, 0.05) is 11.1 Å². The van der Waals surface area contributed by atoms with Crippen LogP contribution >= 0.6 is 23.2 Å². The van der Waals surface area contributed by atoms with E-state index in [1.165, 1.54) is 12.1 Å². The van der Waals surface area contributed by atoms with E-state index in [9.17, 15) is 17.6 Å². The van der Waals surface area contributed by atoms with Gasteiger partial charge in [0.1, 0.15) is 5.82 Å². The van der Waals surface area contributed by atoms with Crippen molar-refractivity contribution in [2.75, 3.05) is 5.32 Å². The predicted molar refractivity (Wildman–Crippen MR) is 117 cm³/mol. The van der Waals surface area contributed by atoms with E-state index in [0.717, 1.165) is 37.5 Å². The molecule has 0 heterocycles. The highest BCUT2D eigenvalue weighted by molar-refractivity contribution is 7.89. The molecule has 162 valence electrons. The average molecular weight is 473 g/mol. The van der Waals surface area contributed by atoms with Gasteiger partial charge in [0.05, 0.1) is 21.2 Å². The molecule has 1 saturated carbocycles. The third-order valence-corrected chi connectivity index (χ3v) is 7.73. The largest absolute Gasteiger partial charge is 0.320 e. The quantitative estimate of drug-likeness (QED) is 0.603. The molecule has 0 radical (unpaired) electrons. The van der Waals surface area contributed by atoms with Crippen LogP contribution in [0.4, 0.5) is 10.1 Å². The molecular weight excluding hydrogens is 450 g/mol. The number of carbonyl (C=O) groups excluding carboxylic acids is 1. The summed E-state index contributed by atoms with van der Waals surface area (Å²) in [6.07, 6.45) is 2.75. The molecule has 1 fully saturated rings. The van der Waals surface area contributed by atoms with E-state index >= 15 is 0 Å². The SMILES string of the molecule is C[C@@H]1[C@H](C)CCC[C@@H]1NS(=O)(=O)c1ccc(F)c(C(=O)Nc2cc(Cl)ccc2Cl)c1. The summed E-state index contributed by atoms with van der Waals surface area (Å²) in [4.78, 5) is 12.4. The molecule has 0 bridgehead atoms. The van der Waals surface area contributed by atoms with Crippen molar-refractivity contribution < 1.29 is 17.6 Å². The van der Waals surface area contributed by atoms with Crippen molar-refractivity contribution in [1.29, 1.82) is 0 Å². The minimum atomic E-state index is -3.92. The van der Waals surface area contributed by atoms with Crippen LogP contribution in [0.25, 0.3) is 0 Å². The van der Waals surface area contributed by atoms with Gasteiger partial charge in [-0.1, -0.05) is 49.9 Å². The number of carbonyl (C=O) groups is 1. The van der Waals surface area contributed by atoms with Gasteiger partial charge < -0.3 is 5.32 Å². The second-order valence-corrected chi connectivity index (χ2v) is 10.3. The fraction of sp³-hybridized carbons (Fsp3) is 0.381. The summed E-state index contributed by atoms with van der Waals surface area (Å²) in [5, 5.41) is 3.03. The topological polar surface area (TPSA) is 75.3 Å². The molecule has 9 heteroatoms. The zero-order valence-electron chi connectivity index (χ0n) is 16.6. The van der Waals surface area contributed by atoms with Gasteiger partial charge in [-0.05, 0) is 54.7 Å². The normalized spacial score (nSPS) is 22.0. The maximum absolute atomic E-state index is 14.3. The Morgan fingerprint density at radius 1 is 1.10 bits per heavy atom. The molecule has 30 heavy (non-hydrogen) atoms. The Bertz CT molecular complexity index is 1060. The Labute approximate surface area is 186 Å². The van der Waals surface area contributed by atoms with Crippen molar-refractivity contribution in [3.63, 3.8) is 0 Å². The summed E-state index contributed by atoms with van der Waals surface area (Å²) in [6, 6.07) is 7.41. The number of benzene rings is 2. The van der Waals surface area contributed by atoms with Crippen LogP contribution in [0.5, 0.6) is 0 Å². The van der Waals surface area contributed by atoms with E-state index in [1.54, 1.807) is 6.07 Å². The maximum Gasteiger partial charge on any atom is 0.258 e. The van der Waals surface area contributed by atoms with Crippen LogP contribution in [0, 0.1) is 17.7 Å². The number of amides is 1. The van der Waals surface area contributed by atoms with E-state index in [4.69, 9.17) is 23.2 Å². The average Bonchev–Trinajstić information content (AvgIpc) is 2.68. The van der Waals surface area contributed by atoms with Gasteiger partial charge in [-0.2, -0.15) is 0 Å². The lowest BCUT2D eigenvalue weighted by Crippen LogP contribution is -2.43. The van der Waals surface area contributed by atoms with Gasteiger partial charge in [0.25, 0.3) is 5.91 Å². The number of sulfonamides is 1. The lowest BCUT2D eigenvalue weighted by Gasteiger charge is -2.34. The number of halogens is 3. The van der Waals surface area contributed by atoms with E-state index in [2.05, 4.69) is 17.0 Å². The second-order valence-electron chi connectivity index (χ2n) is 7.72. The van der Waals surface area contributed by atoms with Crippen LogP contribution < -0.4 is 10.0 Å². The van der Waals surface area contributed by atoms with Gasteiger partial charge in [-0.15, -0.1) is 0 Å². The highest BCUT2D eigenvalue weighted by Crippen LogP contribution is 2.31. The number of rotatable bonds is 5. The monoisotopic (exact) mass is 472 g/mol. The molecule has 5 nitrogen and oxygen atoms in total. The summed E-state index contributed by atoms with van der Waals surface area (Å²) in [6.45, 7) is 4.13. The lowest BCUT2D eigenvalue weighted by atomic mass is 9.78. The smallest absolute Gasteiger partial charge is 0.258 e. The Kier molecular flexibility index (Phi) is 7.07. The molecule has 0 unspecified atom stereocenters. The van der Waals surface area contributed by atoms with Gasteiger partial charge >= 0.3 is 0 Å². The minimum Gasteiger partial charge on any atom is -0.320 e. The van der Waals surface area contributed by atoms with E-state index in [0.29, 0.717) is 10.9 Å². The first-order chi connectivity index (χ1) is 14.1. The van der Waals surface area contributed by atoms with E-state index in [-0.39, 0.29) is 27.6 Å². The number of nitrogens with one attached hydrogen (secondary N) is 2. The standard InChI is InChI=1S/C21H23Cl2FN2O3S/c1-12-4-3-5-19(13(12)2)26-30(28,29)15-7-9-18(24)16(11-15)21(27)25-20-10-14(22)6-8-17(20)23/h6-13,19,26H,3-5H2,1-2H3,(H,25,27)/t12-,13-,19+/m1/s1. The summed E-state index contributed by atoms with van der Waals surface area (Å²) in [5.41, 5.74) is -0.205. The fourth-order valence-corrected chi connectivity index (χ4v) is 5.37. The second kappa shape index (κ2) is 9.22. The Morgan fingerprint density at radius 2 is 1.83 bits per heavy atom. The maximum atomic E-state index is 14.3. The van der Waals surface area contributed by atoms with E-state index in [1.807, 2.05) is 6.92 Å². The van der Waals surface area contributed by atoms with Crippen LogP contribution in [-0.2, 0) is 10.0 Å². The zero-order valence-corrected chi connectivity index (χ0v) is 18.9. The Balaban J connectivity index is 1.85. The molecule has 2 aromatic rings. The summed E-state index contributed by atoms with van der Waals surface area (Å²) >= 11 is 11.9. The molecule has 1 aliphatic rings. The lowest BCUT2D eigenvalue weighted by molar-refractivity contribution is 0.102. The van der Waals surface area contributed by atoms with Crippen molar-refractivity contribution in [2.45, 2.75) is 44.0 Å². The zero-order chi connectivity index (χ0) is 22.1. The van der Waals surface area contributed by atoms with Crippen LogP contribution in [0.2, 0.25) is 10.0 Å². The first-order valence-electron chi connectivity index (χ1n) is 9.67. The molecular formula is C21H23Cl2FN2O3S. The van der Waals surface area contributed by atoms with Crippen LogP contribution in [0.15, 0.2) is 41.3 Å². The molecule has 0 aromatic heterocycles. The molecule has 0 aliphatic heterocycles. The summed E-state index contributed by atoms with van der Waals surface area (Å²) in [7, 11) is -3.92. The summed E-state index contributed by atoms with van der Waals surface area (Å²) < 4.78 is 42.8. The van der Waals surface area contributed by atoms with Gasteiger partial charge in [0.15, 0.2) is 0 Å². The third kappa shape index (κ3) is 5.14. The fourth-order valence-electron chi connectivity index (χ4n) is 3.64. The molecule has 0 spiro atoms. The van der Waals surface area contributed by atoms with Crippen molar-refractivity contribution >= 4 is 44.8 Å². The highest BCUT2D eigenvalue weighted by atomic mass is 35.5. The number of hydrogen-bond acceptors (Lipinski definition) is 3. The molecule has 1 amide bonds. The molecule has 2 aromatic carbocycles. The molecule has 1 aliphatic carbocycles. The van der Waals surface area contributed by atoms with Gasteiger partial charge in [-0.25, -0.2) is 17.5 Å². The van der Waals surface area contributed by atoms with Crippen molar-refractivity contribution in [2.24, 2.45) is 11.8 Å². The molecule has 3 atom stereocenters. The molecule has 3 rings (SSSR count). The molecule has 2 N–H and O–H groups in total. The van der Waals surface area contributed by atoms with Crippen molar-refractivity contribution in [3.05, 3.63) is 57.8 Å². The highest BCUT2D eigenvalue weighted by Gasteiger charge is 2.31. The van der Waals surface area contributed by atoms with Gasteiger partial charge in [0.2, 0.25) is 10.0 Å². The van der Waals surface area contributed by atoms with Crippen LogP contribution in [-0.4, -0.2) is 20.4 Å². The van der Waals surface area contributed by atoms with E-state index < -0.39 is 27.3 Å². The Morgan fingerprint density at radius 3 is 2.57 bits per heavy atom. The molecule has 0 saturated heterocycles. The van der Waals surface area contributed by atoms with Crippen molar-refractivity contribution in [1.82, 2.24) is 4.72 Å². The van der Waals surface area contributed by atoms with Gasteiger partial charge in [-0.3, -0.25) is 4.79 Å². The Hall–Kier alpha value is -1.67. The summed E-state index contributed by atoms with van der Waals surface area (Å²) in [5.74, 6) is -1.08. The first kappa shape index (κ1) is 23.0. The first-order valence-corrected chi connectivity index (χ1v) is 11.9. The number of hydrogen-bond donors (Lipinski definition) is 2. The predicted octanol–water partition coefficient (Wildman–Crippen LogP) is 5.49.